The number of aliphatic hydroxyl groups is 2. The van der Waals surface area contributed by atoms with Crippen LogP contribution in [0.2, 0.25) is 0 Å². The number of aryl methyl sites for hydroxylation is 1. The number of esters is 1. The van der Waals surface area contributed by atoms with Crippen LogP contribution in [0.3, 0.4) is 0 Å². The first-order chi connectivity index (χ1) is 19.3. The molecule has 2 aromatic rings. The lowest BCUT2D eigenvalue weighted by Crippen LogP contribution is -2.37. The number of alkyl halides is 2. The molecule has 0 bridgehead atoms. The molecule has 7 nitrogen and oxygen atoms in total. The molecule has 1 aromatic carbocycles. The Kier molecular flexibility index (Phi) is 11.7. The molecule has 2 N–H and O–H groups in total. The number of ether oxygens (including phenoxy) is 3. The van der Waals surface area contributed by atoms with Crippen LogP contribution in [-0.2, 0) is 15.9 Å². The molecule has 4 atom stereocenters. The van der Waals surface area contributed by atoms with E-state index >= 15 is 0 Å². The second-order valence-corrected chi connectivity index (χ2v) is 12.0. The maximum atomic E-state index is 14.5. The summed E-state index contributed by atoms with van der Waals surface area (Å²) in [5.74, 6) is -3.58. The van der Waals surface area contributed by atoms with E-state index < -0.39 is 31.2 Å². The summed E-state index contributed by atoms with van der Waals surface area (Å²) in [6.45, 7) is 3.87. The molecule has 1 saturated carbocycles. The molecule has 4 rings (SSSR count). The Balaban J connectivity index is 1.17. The van der Waals surface area contributed by atoms with E-state index in [4.69, 9.17) is 14.2 Å². The fraction of sp³-hybridized carbons (Fsp3) is 0.633. The van der Waals surface area contributed by atoms with Crippen molar-refractivity contribution >= 4 is 17.3 Å². The van der Waals surface area contributed by atoms with Gasteiger partial charge in [0.05, 0.1) is 32.0 Å². The second kappa shape index (κ2) is 15.2. The van der Waals surface area contributed by atoms with Gasteiger partial charge in [-0.05, 0) is 74.6 Å². The first-order valence-electron chi connectivity index (χ1n) is 14.3. The molecule has 1 saturated heterocycles. The minimum Gasteiger partial charge on any atom is -0.487 e. The van der Waals surface area contributed by atoms with Crippen LogP contribution < -0.4 is 4.74 Å². The number of thiophene rings is 1. The van der Waals surface area contributed by atoms with Crippen molar-refractivity contribution in [1.82, 2.24) is 4.90 Å². The lowest BCUT2D eigenvalue weighted by molar-refractivity contribution is -0.0570. The van der Waals surface area contributed by atoms with Gasteiger partial charge in [0.2, 0.25) is 0 Å². The molecule has 222 valence electrons. The second-order valence-electron chi connectivity index (χ2n) is 10.8. The van der Waals surface area contributed by atoms with E-state index in [1.807, 2.05) is 6.07 Å². The molecule has 0 unspecified atom stereocenters. The van der Waals surface area contributed by atoms with Gasteiger partial charge >= 0.3 is 5.97 Å². The van der Waals surface area contributed by atoms with Gasteiger partial charge in [0.15, 0.2) is 6.61 Å². The number of rotatable bonds is 15. The van der Waals surface area contributed by atoms with Crippen LogP contribution in [0.25, 0.3) is 0 Å². The predicted octanol–water partition coefficient (Wildman–Crippen LogP) is 4.80. The molecule has 2 heterocycles. The van der Waals surface area contributed by atoms with E-state index in [2.05, 4.69) is 4.90 Å². The Morgan fingerprint density at radius 3 is 2.50 bits per heavy atom. The van der Waals surface area contributed by atoms with Crippen LogP contribution in [0.1, 0.15) is 53.1 Å². The Morgan fingerprint density at radius 1 is 1.02 bits per heavy atom. The molecule has 1 aliphatic heterocycles. The number of nitrogens with zero attached hydrogens (tertiary/aromatic N) is 1. The molecule has 0 radical (unpaired) electrons. The minimum absolute atomic E-state index is 0.120. The first kappa shape index (κ1) is 30.8. The SMILES string of the molecule is O=C(OCCCN1CCOCC1)c1ccc(CCC[C@@H]2[C@@H](CCC(F)(F)COc3ccccc3)[C@H](O)C[C@@H]2O)s1. The number of para-hydroxylation sites is 1. The van der Waals surface area contributed by atoms with Gasteiger partial charge in [-0.2, -0.15) is 0 Å². The molecule has 40 heavy (non-hydrogen) atoms. The third kappa shape index (κ3) is 9.48. The van der Waals surface area contributed by atoms with Crippen LogP contribution in [-0.4, -0.2) is 85.3 Å². The zero-order chi connectivity index (χ0) is 28.4. The van der Waals surface area contributed by atoms with E-state index in [0.29, 0.717) is 30.1 Å². The lowest BCUT2D eigenvalue weighted by Gasteiger charge is -2.26. The van der Waals surface area contributed by atoms with Crippen molar-refractivity contribution in [2.45, 2.75) is 63.1 Å². The van der Waals surface area contributed by atoms with Crippen LogP contribution >= 0.6 is 11.3 Å². The summed E-state index contributed by atoms with van der Waals surface area (Å²) >= 11 is 1.40. The molecule has 2 aliphatic rings. The Labute approximate surface area is 239 Å². The largest absolute Gasteiger partial charge is 0.487 e. The molecule has 1 aliphatic carbocycles. The molecule has 1 aromatic heterocycles. The van der Waals surface area contributed by atoms with Gasteiger partial charge in [0, 0.05) is 30.9 Å². The van der Waals surface area contributed by atoms with E-state index in [1.165, 1.54) is 11.3 Å². The highest BCUT2D eigenvalue weighted by Crippen LogP contribution is 2.40. The molecule has 0 amide bonds. The maximum Gasteiger partial charge on any atom is 0.348 e. The maximum absolute atomic E-state index is 14.5. The van der Waals surface area contributed by atoms with Gasteiger partial charge in [-0.25, -0.2) is 13.6 Å². The van der Waals surface area contributed by atoms with Crippen molar-refractivity contribution in [1.29, 1.82) is 0 Å². The molecule has 2 fully saturated rings. The highest BCUT2D eigenvalue weighted by atomic mass is 32.1. The first-order valence-corrected chi connectivity index (χ1v) is 15.1. The highest BCUT2D eigenvalue weighted by molar-refractivity contribution is 7.13. The van der Waals surface area contributed by atoms with E-state index in [0.717, 1.165) is 50.6 Å². The van der Waals surface area contributed by atoms with Crippen LogP contribution in [0.15, 0.2) is 42.5 Å². The summed E-state index contributed by atoms with van der Waals surface area (Å²) in [5, 5.41) is 21.0. The van der Waals surface area contributed by atoms with Crippen molar-refractivity contribution in [2.24, 2.45) is 11.8 Å². The number of carbonyl (C=O) groups excluding carboxylic acids is 1. The zero-order valence-electron chi connectivity index (χ0n) is 22.9. The average Bonchev–Trinajstić information content (AvgIpc) is 3.53. The van der Waals surface area contributed by atoms with Crippen molar-refractivity contribution < 1.29 is 38.0 Å². The number of hydrogen-bond acceptors (Lipinski definition) is 8. The topological polar surface area (TPSA) is 88.5 Å². The summed E-state index contributed by atoms with van der Waals surface area (Å²) < 4.78 is 45.1. The Bertz CT molecular complexity index is 1030. The van der Waals surface area contributed by atoms with E-state index in [1.54, 1.807) is 36.4 Å². The normalized spacial score (nSPS) is 23.8. The fourth-order valence-corrected chi connectivity index (χ4v) is 6.56. The smallest absolute Gasteiger partial charge is 0.348 e. The standard InChI is InChI=1S/C30H41F2NO6S/c31-30(32,21-39-22-6-2-1-3-7-22)13-12-25-24(26(34)20-27(25)35)9-4-8-23-10-11-28(40-23)29(36)38-17-5-14-33-15-18-37-19-16-33/h1-3,6-7,10-11,24-27,34-35H,4-5,8-9,12-21H2/t24-,25-,26+,27-/m1/s1. The van der Waals surface area contributed by atoms with Gasteiger partial charge in [0.25, 0.3) is 5.92 Å². The molecule has 0 spiro atoms. The summed E-state index contributed by atoms with van der Waals surface area (Å²) in [5.41, 5.74) is 0. The van der Waals surface area contributed by atoms with Gasteiger partial charge in [-0.15, -0.1) is 11.3 Å². The summed E-state index contributed by atoms with van der Waals surface area (Å²) in [4.78, 5) is 16.3. The quantitative estimate of drug-likeness (QED) is 0.231. The van der Waals surface area contributed by atoms with Crippen molar-refractivity contribution in [2.75, 3.05) is 46.1 Å². The summed E-state index contributed by atoms with van der Waals surface area (Å²) in [7, 11) is 0. The summed E-state index contributed by atoms with van der Waals surface area (Å²) in [6, 6.07) is 12.2. The van der Waals surface area contributed by atoms with E-state index in [9.17, 15) is 23.8 Å². The van der Waals surface area contributed by atoms with Crippen LogP contribution in [0.5, 0.6) is 5.75 Å². The monoisotopic (exact) mass is 581 g/mol. The zero-order valence-corrected chi connectivity index (χ0v) is 23.7. The van der Waals surface area contributed by atoms with Gasteiger partial charge in [0.1, 0.15) is 10.6 Å². The number of aliphatic hydroxyl groups excluding tert-OH is 2. The lowest BCUT2D eigenvalue weighted by atomic mass is 9.85. The number of hydrogen-bond donors (Lipinski definition) is 2. The predicted molar refractivity (Wildman–Crippen MR) is 149 cm³/mol. The van der Waals surface area contributed by atoms with Crippen molar-refractivity contribution in [3.8, 4) is 5.75 Å². The minimum atomic E-state index is -3.03. The fourth-order valence-electron chi connectivity index (χ4n) is 5.62. The third-order valence-electron chi connectivity index (χ3n) is 7.84. The number of halogens is 2. The highest BCUT2D eigenvalue weighted by Gasteiger charge is 2.43. The molecular weight excluding hydrogens is 540 g/mol. The number of carbonyl (C=O) groups is 1. The Hall–Kier alpha value is -2.11. The van der Waals surface area contributed by atoms with Crippen LogP contribution in [0, 0.1) is 11.8 Å². The number of morpholine rings is 1. The van der Waals surface area contributed by atoms with Gasteiger partial charge < -0.3 is 24.4 Å². The van der Waals surface area contributed by atoms with Gasteiger partial charge in [-0.1, -0.05) is 18.2 Å². The molecule has 10 heteroatoms. The molecular formula is C30H41F2NO6S. The van der Waals surface area contributed by atoms with Gasteiger partial charge in [-0.3, -0.25) is 4.90 Å². The van der Waals surface area contributed by atoms with E-state index in [-0.39, 0.29) is 30.6 Å². The summed E-state index contributed by atoms with van der Waals surface area (Å²) in [6.07, 6.45) is 1.26. The Morgan fingerprint density at radius 2 is 1.75 bits per heavy atom. The van der Waals surface area contributed by atoms with Crippen molar-refractivity contribution in [3.05, 3.63) is 52.2 Å². The third-order valence-corrected chi connectivity index (χ3v) is 8.96. The van der Waals surface area contributed by atoms with Crippen LogP contribution in [0.4, 0.5) is 8.78 Å². The van der Waals surface area contributed by atoms with Crippen molar-refractivity contribution in [3.63, 3.8) is 0 Å². The average molecular weight is 582 g/mol. The number of benzene rings is 1.